The van der Waals surface area contributed by atoms with E-state index in [9.17, 15) is 4.79 Å². The van der Waals surface area contributed by atoms with Gasteiger partial charge >= 0.3 is 5.97 Å². The minimum absolute atomic E-state index is 0.00562. The minimum atomic E-state index is -0.392. The molecule has 5 nitrogen and oxygen atoms in total. The molecule has 1 fully saturated rings. The Morgan fingerprint density at radius 1 is 0.556 bits per heavy atom. The van der Waals surface area contributed by atoms with E-state index >= 15 is 0 Å². The molecule has 2 unspecified atom stereocenters. The number of hydrogen-bond donors (Lipinski definition) is 0. The first-order valence-electron chi connectivity index (χ1n) is 24.6. The molecule has 1 saturated heterocycles. The molecule has 1 heterocycles. The van der Waals surface area contributed by atoms with Crippen LogP contribution in [0.3, 0.4) is 0 Å². The van der Waals surface area contributed by atoms with Gasteiger partial charge in [0.25, 0.3) is 0 Å². The lowest BCUT2D eigenvalue weighted by molar-refractivity contribution is -0.180. The lowest BCUT2D eigenvalue weighted by Crippen LogP contribution is -2.36. The lowest BCUT2D eigenvalue weighted by Gasteiger charge is -2.29. The van der Waals surface area contributed by atoms with Crippen LogP contribution in [-0.2, 0) is 19.0 Å². The van der Waals surface area contributed by atoms with E-state index in [4.69, 9.17) is 14.2 Å². The van der Waals surface area contributed by atoms with E-state index in [1.54, 1.807) is 0 Å². The molecule has 0 spiro atoms. The van der Waals surface area contributed by atoms with E-state index in [1.165, 1.54) is 167 Å². The van der Waals surface area contributed by atoms with Gasteiger partial charge in [0, 0.05) is 25.8 Å². The van der Waals surface area contributed by atoms with Crippen LogP contribution in [0.25, 0.3) is 0 Å². The van der Waals surface area contributed by atoms with Gasteiger partial charge < -0.3 is 19.1 Å². The molecule has 0 saturated carbocycles. The molecule has 0 radical (unpaired) electrons. The van der Waals surface area contributed by atoms with Gasteiger partial charge in [-0.05, 0) is 50.6 Å². The summed E-state index contributed by atoms with van der Waals surface area (Å²) in [5.41, 5.74) is 0. The largest absolute Gasteiger partial charge is 0.466 e. The number of carbonyl (C=O) groups is 1. The summed E-state index contributed by atoms with van der Waals surface area (Å²) in [7, 11) is 0. The second-order valence-corrected chi connectivity index (χ2v) is 17.5. The second kappa shape index (κ2) is 36.7. The van der Waals surface area contributed by atoms with Crippen LogP contribution in [0.2, 0.25) is 0 Å². The fourth-order valence-electron chi connectivity index (χ4n) is 8.78. The summed E-state index contributed by atoms with van der Waals surface area (Å²) in [4.78, 5) is 14.9. The number of esters is 1. The maximum atomic E-state index is 12.5. The molecule has 0 aromatic rings. The number of ether oxygens (including phenoxy) is 3. The van der Waals surface area contributed by atoms with E-state index in [0.717, 1.165) is 76.6 Å². The zero-order valence-corrected chi connectivity index (χ0v) is 37.7. The number of carbonyl (C=O) groups excluding carboxylic acids is 1. The molecular weight excluding hydrogens is 667 g/mol. The summed E-state index contributed by atoms with van der Waals surface area (Å²) in [6, 6.07) is 0. The van der Waals surface area contributed by atoms with Gasteiger partial charge in [0.05, 0.1) is 19.3 Å². The van der Waals surface area contributed by atoms with Gasteiger partial charge in [-0.15, -0.1) is 0 Å². The van der Waals surface area contributed by atoms with Gasteiger partial charge in [-0.3, -0.25) is 4.79 Å². The second-order valence-electron chi connectivity index (χ2n) is 17.5. The standard InChI is InChI=1S/C49H97NO4/c1-7-13-25-33-45(34-26-14-8-2)37-29-21-18-17-19-23-31-40-49(53-44-47(54-49)43-50(11-5)12-6)41-32-24-20-22-30-38-48(51)52-42-39-46(35-27-15-9-3)36-28-16-10-4/h45-47H,7-44H2,1-6H3. The van der Waals surface area contributed by atoms with Crippen molar-refractivity contribution in [2.24, 2.45) is 11.8 Å². The molecule has 1 rings (SSSR count). The summed E-state index contributed by atoms with van der Waals surface area (Å²) in [6.45, 7) is 18.1. The average molecular weight is 764 g/mol. The molecule has 2 atom stereocenters. The van der Waals surface area contributed by atoms with Crippen LogP contribution < -0.4 is 0 Å². The topological polar surface area (TPSA) is 48.0 Å². The van der Waals surface area contributed by atoms with Crippen LogP contribution in [0.4, 0.5) is 0 Å². The Hall–Kier alpha value is -0.650. The number of likely N-dealkylation sites (N-methyl/N-ethyl adjacent to an activating group) is 1. The summed E-state index contributed by atoms with van der Waals surface area (Å²) in [5, 5.41) is 0. The summed E-state index contributed by atoms with van der Waals surface area (Å²) in [6.07, 6.45) is 42.0. The van der Waals surface area contributed by atoms with E-state index < -0.39 is 5.79 Å². The van der Waals surface area contributed by atoms with Gasteiger partial charge in [-0.25, -0.2) is 0 Å². The lowest BCUT2D eigenvalue weighted by atomic mass is 9.90. The number of rotatable bonds is 41. The number of nitrogens with zero attached hydrogens (tertiary/aromatic N) is 1. The van der Waals surface area contributed by atoms with Crippen molar-refractivity contribution < 1.29 is 19.0 Å². The van der Waals surface area contributed by atoms with E-state index in [-0.39, 0.29) is 12.1 Å². The van der Waals surface area contributed by atoms with Gasteiger partial charge in [0.15, 0.2) is 5.79 Å². The molecular formula is C49H97NO4. The molecule has 0 aliphatic carbocycles. The van der Waals surface area contributed by atoms with E-state index in [1.807, 2.05) is 0 Å². The minimum Gasteiger partial charge on any atom is -0.466 e. The predicted octanol–water partition coefficient (Wildman–Crippen LogP) is 15.2. The van der Waals surface area contributed by atoms with Gasteiger partial charge in [-0.1, -0.05) is 208 Å². The van der Waals surface area contributed by atoms with Crippen molar-refractivity contribution in [2.75, 3.05) is 32.8 Å². The number of hydrogen-bond acceptors (Lipinski definition) is 5. The molecule has 54 heavy (non-hydrogen) atoms. The van der Waals surface area contributed by atoms with Crippen molar-refractivity contribution in [3.8, 4) is 0 Å². The molecule has 0 aromatic heterocycles. The van der Waals surface area contributed by atoms with Gasteiger partial charge in [0.2, 0.25) is 0 Å². The Morgan fingerprint density at radius 2 is 0.963 bits per heavy atom. The summed E-state index contributed by atoms with van der Waals surface area (Å²) < 4.78 is 19.0. The van der Waals surface area contributed by atoms with Crippen LogP contribution in [0.5, 0.6) is 0 Å². The molecule has 322 valence electrons. The van der Waals surface area contributed by atoms with Gasteiger partial charge in [0.1, 0.15) is 0 Å². The van der Waals surface area contributed by atoms with Crippen molar-refractivity contribution in [1.82, 2.24) is 4.90 Å². The van der Waals surface area contributed by atoms with Gasteiger partial charge in [-0.2, -0.15) is 0 Å². The van der Waals surface area contributed by atoms with Crippen LogP contribution in [0.1, 0.15) is 253 Å². The molecule has 0 bridgehead atoms. The van der Waals surface area contributed by atoms with Crippen molar-refractivity contribution in [3.05, 3.63) is 0 Å². The van der Waals surface area contributed by atoms with Crippen LogP contribution in [-0.4, -0.2) is 55.6 Å². The van der Waals surface area contributed by atoms with Crippen LogP contribution in [0.15, 0.2) is 0 Å². The average Bonchev–Trinajstić information content (AvgIpc) is 3.58. The Balaban J connectivity index is 2.34. The Morgan fingerprint density at radius 3 is 1.43 bits per heavy atom. The highest BCUT2D eigenvalue weighted by atomic mass is 16.7. The monoisotopic (exact) mass is 764 g/mol. The molecule has 1 aliphatic heterocycles. The maximum absolute atomic E-state index is 12.5. The van der Waals surface area contributed by atoms with Crippen molar-refractivity contribution in [1.29, 1.82) is 0 Å². The third-order valence-corrected chi connectivity index (χ3v) is 12.5. The zero-order valence-electron chi connectivity index (χ0n) is 37.7. The Labute approximate surface area is 339 Å². The van der Waals surface area contributed by atoms with Crippen molar-refractivity contribution in [2.45, 2.75) is 265 Å². The summed E-state index contributed by atoms with van der Waals surface area (Å²) in [5.74, 6) is 1.31. The first kappa shape index (κ1) is 51.4. The van der Waals surface area contributed by atoms with Crippen molar-refractivity contribution >= 4 is 5.97 Å². The summed E-state index contributed by atoms with van der Waals surface area (Å²) >= 11 is 0. The third kappa shape index (κ3) is 27.9. The Kier molecular flexibility index (Phi) is 34.9. The molecule has 5 heteroatoms. The zero-order chi connectivity index (χ0) is 39.4. The molecule has 0 aromatic carbocycles. The Bertz CT molecular complexity index is 783. The van der Waals surface area contributed by atoms with E-state index in [0.29, 0.717) is 13.0 Å². The SMILES string of the molecule is CCCCCC(CCCCC)CCCCCCCCCC1(CCCCCCCC(=O)OCCC(CCCCC)CCCCC)OCC(CN(CC)CC)O1. The first-order valence-corrected chi connectivity index (χ1v) is 24.6. The molecule has 1 aliphatic rings. The molecule has 0 N–H and O–H groups in total. The van der Waals surface area contributed by atoms with E-state index in [2.05, 4.69) is 46.4 Å². The fourth-order valence-corrected chi connectivity index (χ4v) is 8.78. The smallest absolute Gasteiger partial charge is 0.305 e. The van der Waals surface area contributed by atoms with Crippen LogP contribution >= 0.6 is 0 Å². The highest BCUT2D eigenvalue weighted by Crippen LogP contribution is 2.35. The molecule has 0 amide bonds. The maximum Gasteiger partial charge on any atom is 0.305 e. The van der Waals surface area contributed by atoms with Crippen molar-refractivity contribution in [3.63, 3.8) is 0 Å². The number of unbranched alkanes of at least 4 members (excludes halogenated alkanes) is 18. The normalized spacial score (nSPS) is 17.5. The van der Waals surface area contributed by atoms with Crippen LogP contribution in [0, 0.1) is 11.8 Å². The highest BCUT2D eigenvalue weighted by molar-refractivity contribution is 5.69. The first-order chi connectivity index (χ1) is 26.4. The quantitative estimate of drug-likeness (QED) is 0.0458. The fraction of sp³-hybridized carbons (Fsp3) is 0.980. The highest BCUT2D eigenvalue weighted by Gasteiger charge is 2.40. The third-order valence-electron chi connectivity index (χ3n) is 12.5. The predicted molar refractivity (Wildman–Crippen MR) is 234 cm³/mol.